The Kier molecular flexibility index (Phi) is 5.04. The lowest BCUT2D eigenvalue weighted by atomic mass is 9.89. The SMILES string of the molecule is CC1CN(C(=O)C2CCCCCCC2)C(C)CN1. The molecule has 104 valence electrons. The van der Waals surface area contributed by atoms with Crippen molar-refractivity contribution in [2.45, 2.75) is 70.9 Å². The van der Waals surface area contributed by atoms with Crippen LogP contribution in [0.25, 0.3) is 0 Å². The third-order valence-corrected chi connectivity index (χ3v) is 4.50. The number of hydrogen-bond acceptors (Lipinski definition) is 2. The highest BCUT2D eigenvalue weighted by Crippen LogP contribution is 2.25. The van der Waals surface area contributed by atoms with Crippen LogP contribution in [0, 0.1) is 5.92 Å². The molecule has 0 bridgehead atoms. The smallest absolute Gasteiger partial charge is 0.226 e. The van der Waals surface area contributed by atoms with Crippen molar-refractivity contribution in [1.29, 1.82) is 0 Å². The molecule has 0 radical (unpaired) electrons. The predicted octanol–water partition coefficient (Wildman–Crippen LogP) is 2.56. The highest BCUT2D eigenvalue weighted by Gasteiger charge is 2.31. The largest absolute Gasteiger partial charge is 0.337 e. The minimum absolute atomic E-state index is 0.304. The molecule has 1 saturated carbocycles. The van der Waals surface area contributed by atoms with Crippen molar-refractivity contribution in [3.05, 3.63) is 0 Å². The maximum atomic E-state index is 12.7. The maximum Gasteiger partial charge on any atom is 0.226 e. The van der Waals surface area contributed by atoms with E-state index in [-0.39, 0.29) is 0 Å². The second-order valence-corrected chi connectivity index (χ2v) is 6.19. The first-order valence-corrected chi connectivity index (χ1v) is 7.72. The molecule has 0 aromatic rings. The first-order valence-electron chi connectivity index (χ1n) is 7.72. The molecule has 2 fully saturated rings. The second-order valence-electron chi connectivity index (χ2n) is 6.19. The fourth-order valence-corrected chi connectivity index (χ4v) is 3.27. The Bertz CT molecular complexity index is 272. The van der Waals surface area contributed by atoms with Crippen LogP contribution in [0.5, 0.6) is 0 Å². The van der Waals surface area contributed by atoms with Crippen LogP contribution < -0.4 is 5.32 Å². The maximum absolute atomic E-state index is 12.7. The Morgan fingerprint density at radius 2 is 1.67 bits per heavy atom. The molecule has 2 rings (SSSR count). The molecule has 1 saturated heterocycles. The topological polar surface area (TPSA) is 32.3 Å². The van der Waals surface area contributed by atoms with Crippen LogP contribution >= 0.6 is 0 Å². The summed E-state index contributed by atoms with van der Waals surface area (Å²) in [5.41, 5.74) is 0. The first-order chi connectivity index (χ1) is 8.68. The van der Waals surface area contributed by atoms with Gasteiger partial charge in [-0.05, 0) is 26.7 Å². The summed E-state index contributed by atoms with van der Waals surface area (Å²) in [6.45, 7) is 6.17. The van der Waals surface area contributed by atoms with Crippen LogP contribution in [0.2, 0.25) is 0 Å². The van der Waals surface area contributed by atoms with E-state index in [1.165, 1.54) is 32.1 Å². The van der Waals surface area contributed by atoms with Gasteiger partial charge in [-0.2, -0.15) is 0 Å². The zero-order valence-electron chi connectivity index (χ0n) is 12.0. The van der Waals surface area contributed by atoms with E-state index in [0.717, 1.165) is 25.9 Å². The molecule has 3 heteroatoms. The van der Waals surface area contributed by atoms with E-state index in [2.05, 4.69) is 24.1 Å². The Morgan fingerprint density at radius 3 is 2.33 bits per heavy atom. The molecular formula is C15H28N2O. The quantitative estimate of drug-likeness (QED) is 0.778. The molecule has 1 amide bonds. The molecular weight excluding hydrogens is 224 g/mol. The van der Waals surface area contributed by atoms with Gasteiger partial charge in [0.15, 0.2) is 0 Å². The standard InChI is InChI=1S/C15H28N2O/c1-12-11-17(13(2)10-16-12)15(18)14-8-6-4-3-5-7-9-14/h12-14,16H,3-11H2,1-2H3. The van der Waals surface area contributed by atoms with Crippen LogP contribution in [0.1, 0.15) is 58.8 Å². The molecule has 1 heterocycles. The van der Waals surface area contributed by atoms with E-state index in [0.29, 0.717) is 23.9 Å². The van der Waals surface area contributed by atoms with Gasteiger partial charge in [-0.1, -0.05) is 32.1 Å². The van der Waals surface area contributed by atoms with Crippen LogP contribution in [0.4, 0.5) is 0 Å². The van der Waals surface area contributed by atoms with Crippen LogP contribution in [-0.4, -0.2) is 36.0 Å². The third-order valence-electron chi connectivity index (χ3n) is 4.50. The predicted molar refractivity (Wildman–Crippen MR) is 74.4 cm³/mol. The van der Waals surface area contributed by atoms with Crippen molar-refractivity contribution in [2.75, 3.05) is 13.1 Å². The van der Waals surface area contributed by atoms with Gasteiger partial charge in [0.2, 0.25) is 5.91 Å². The molecule has 1 aliphatic carbocycles. The summed E-state index contributed by atoms with van der Waals surface area (Å²) in [5.74, 6) is 0.732. The minimum Gasteiger partial charge on any atom is -0.337 e. The van der Waals surface area contributed by atoms with Crippen molar-refractivity contribution in [3.63, 3.8) is 0 Å². The highest BCUT2D eigenvalue weighted by molar-refractivity contribution is 5.79. The number of piperazine rings is 1. The fraction of sp³-hybridized carbons (Fsp3) is 0.933. The van der Waals surface area contributed by atoms with Crippen molar-refractivity contribution in [3.8, 4) is 0 Å². The zero-order chi connectivity index (χ0) is 13.0. The monoisotopic (exact) mass is 252 g/mol. The van der Waals surface area contributed by atoms with Gasteiger partial charge in [0.1, 0.15) is 0 Å². The normalized spacial score (nSPS) is 31.8. The van der Waals surface area contributed by atoms with Crippen molar-refractivity contribution >= 4 is 5.91 Å². The number of nitrogens with one attached hydrogen (secondary N) is 1. The second kappa shape index (κ2) is 6.55. The number of hydrogen-bond donors (Lipinski definition) is 1. The lowest BCUT2D eigenvalue weighted by Gasteiger charge is -2.39. The molecule has 2 aliphatic rings. The molecule has 1 aliphatic heterocycles. The summed E-state index contributed by atoms with van der Waals surface area (Å²) in [6.07, 6.45) is 8.71. The number of rotatable bonds is 1. The van der Waals surface area contributed by atoms with E-state index in [1.807, 2.05) is 0 Å². The summed E-state index contributed by atoms with van der Waals surface area (Å²) >= 11 is 0. The molecule has 18 heavy (non-hydrogen) atoms. The van der Waals surface area contributed by atoms with Gasteiger partial charge in [-0.25, -0.2) is 0 Å². The molecule has 2 atom stereocenters. The van der Waals surface area contributed by atoms with Gasteiger partial charge < -0.3 is 10.2 Å². The van der Waals surface area contributed by atoms with E-state index in [4.69, 9.17) is 0 Å². The molecule has 0 aromatic heterocycles. The van der Waals surface area contributed by atoms with Crippen molar-refractivity contribution < 1.29 is 4.79 Å². The molecule has 1 N–H and O–H groups in total. The summed E-state index contributed by atoms with van der Waals surface area (Å²) in [4.78, 5) is 14.8. The Hall–Kier alpha value is -0.570. The summed E-state index contributed by atoms with van der Waals surface area (Å²) < 4.78 is 0. The average molecular weight is 252 g/mol. The number of carbonyl (C=O) groups excluding carboxylic acids is 1. The van der Waals surface area contributed by atoms with Gasteiger partial charge in [-0.15, -0.1) is 0 Å². The minimum atomic E-state index is 0.304. The summed E-state index contributed by atoms with van der Waals surface area (Å²) in [7, 11) is 0. The zero-order valence-corrected chi connectivity index (χ0v) is 12.0. The van der Waals surface area contributed by atoms with E-state index in [1.54, 1.807) is 0 Å². The van der Waals surface area contributed by atoms with Crippen LogP contribution in [-0.2, 0) is 4.79 Å². The van der Waals surface area contributed by atoms with E-state index >= 15 is 0 Å². The van der Waals surface area contributed by atoms with Gasteiger partial charge in [0, 0.05) is 31.1 Å². The number of nitrogens with zero attached hydrogens (tertiary/aromatic N) is 1. The van der Waals surface area contributed by atoms with Crippen LogP contribution in [0.15, 0.2) is 0 Å². The Labute approximate surface area is 111 Å². The lowest BCUT2D eigenvalue weighted by Crippen LogP contribution is -2.57. The van der Waals surface area contributed by atoms with E-state index < -0.39 is 0 Å². The molecule has 3 nitrogen and oxygen atoms in total. The number of carbonyl (C=O) groups is 1. The fourth-order valence-electron chi connectivity index (χ4n) is 3.27. The number of amides is 1. The molecule has 0 aromatic carbocycles. The van der Waals surface area contributed by atoms with E-state index in [9.17, 15) is 4.79 Å². The van der Waals surface area contributed by atoms with Gasteiger partial charge >= 0.3 is 0 Å². The first kappa shape index (κ1) is 13.9. The molecule has 2 unspecified atom stereocenters. The van der Waals surface area contributed by atoms with Crippen LogP contribution in [0.3, 0.4) is 0 Å². The van der Waals surface area contributed by atoms with Gasteiger partial charge in [0.05, 0.1) is 0 Å². The summed E-state index contributed by atoms with van der Waals surface area (Å²) in [6, 6.07) is 0.804. The summed E-state index contributed by atoms with van der Waals surface area (Å²) in [5, 5.41) is 3.45. The average Bonchev–Trinajstić information content (AvgIpc) is 2.31. The highest BCUT2D eigenvalue weighted by atomic mass is 16.2. The van der Waals surface area contributed by atoms with Crippen molar-refractivity contribution in [2.24, 2.45) is 5.92 Å². The Morgan fingerprint density at radius 1 is 1.06 bits per heavy atom. The molecule has 0 spiro atoms. The Balaban J connectivity index is 1.94. The van der Waals surface area contributed by atoms with Gasteiger partial charge in [-0.3, -0.25) is 4.79 Å². The lowest BCUT2D eigenvalue weighted by molar-refractivity contribution is -0.139. The van der Waals surface area contributed by atoms with Gasteiger partial charge in [0.25, 0.3) is 0 Å². The third kappa shape index (κ3) is 3.47. The van der Waals surface area contributed by atoms with Crippen molar-refractivity contribution in [1.82, 2.24) is 10.2 Å².